The third-order valence-electron chi connectivity index (χ3n) is 4.54. The van der Waals surface area contributed by atoms with Gasteiger partial charge in [0.15, 0.2) is 11.5 Å². The number of aromatic nitrogens is 3. The Balaban J connectivity index is 1.52. The van der Waals surface area contributed by atoms with E-state index in [4.69, 9.17) is 37.4 Å². The lowest BCUT2D eigenvalue weighted by molar-refractivity contribution is -0.275. The number of para-hydroxylation sites is 2. The molecule has 2 heterocycles. The second kappa shape index (κ2) is 9.14. The van der Waals surface area contributed by atoms with E-state index in [0.29, 0.717) is 15.6 Å². The Kier molecular flexibility index (Phi) is 6.47. The lowest BCUT2D eigenvalue weighted by Gasteiger charge is -2.29. The molecule has 1 fully saturated rings. The van der Waals surface area contributed by atoms with Crippen LogP contribution in [0.25, 0.3) is 0 Å². The second-order valence-electron chi connectivity index (χ2n) is 6.83. The van der Waals surface area contributed by atoms with Crippen LogP contribution >= 0.6 is 23.2 Å². The first-order valence-corrected chi connectivity index (χ1v) is 10.1. The van der Waals surface area contributed by atoms with E-state index < -0.39 is 24.0 Å². The minimum atomic E-state index is -4.84. The van der Waals surface area contributed by atoms with Gasteiger partial charge in [0.05, 0.1) is 11.6 Å². The van der Waals surface area contributed by atoms with E-state index in [1.165, 1.54) is 35.5 Å². The Morgan fingerprint density at radius 3 is 2.62 bits per heavy atom. The molecule has 0 spiro atoms. The second-order valence-corrected chi connectivity index (χ2v) is 7.67. The van der Waals surface area contributed by atoms with Crippen LogP contribution in [0.2, 0.25) is 10.0 Å². The summed E-state index contributed by atoms with van der Waals surface area (Å²) in [5.41, 5.74) is 0.516. The number of alkyl halides is 3. The van der Waals surface area contributed by atoms with E-state index in [9.17, 15) is 13.2 Å². The summed E-state index contributed by atoms with van der Waals surface area (Å²) in [6.07, 6.45) is -2.61. The van der Waals surface area contributed by atoms with E-state index in [0.717, 1.165) is 6.07 Å². The molecule has 32 heavy (non-hydrogen) atoms. The van der Waals surface area contributed by atoms with E-state index in [2.05, 4.69) is 14.8 Å². The molecular weight excluding hydrogens is 474 g/mol. The molecule has 1 saturated heterocycles. The number of rotatable bonds is 7. The van der Waals surface area contributed by atoms with Gasteiger partial charge in [-0.1, -0.05) is 41.4 Å². The normalized spacial score (nSPS) is 21.0. The first-order chi connectivity index (χ1) is 15.2. The van der Waals surface area contributed by atoms with Crippen molar-refractivity contribution in [3.8, 4) is 11.5 Å². The zero-order valence-electron chi connectivity index (χ0n) is 16.3. The average molecular weight is 490 g/mol. The smallest absolute Gasteiger partial charge is 0.487 e. The summed E-state index contributed by atoms with van der Waals surface area (Å²) in [5.74, 6) is -1.86. The third kappa shape index (κ3) is 5.26. The van der Waals surface area contributed by atoms with Gasteiger partial charge >= 0.3 is 6.36 Å². The lowest BCUT2D eigenvalue weighted by atomic mass is 10.1. The van der Waals surface area contributed by atoms with Crippen LogP contribution in [-0.2, 0) is 21.8 Å². The fourth-order valence-electron chi connectivity index (χ4n) is 3.24. The zero-order chi connectivity index (χ0) is 22.8. The summed E-state index contributed by atoms with van der Waals surface area (Å²) in [5, 5.41) is 4.84. The van der Waals surface area contributed by atoms with Crippen molar-refractivity contribution in [1.29, 1.82) is 0 Å². The van der Waals surface area contributed by atoms with E-state index >= 15 is 0 Å². The van der Waals surface area contributed by atoms with Crippen molar-refractivity contribution >= 4 is 23.2 Å². The summed E-state index contributed by atoms with van der Waals surface area (Å²) in [7, 11) is 0. The molecule has 0 amide bonds. The Hall–Kier alpha value is -2.53. The minimum Gasteiger partial charge on any atom is -0.487 e. The monoisotopic (exact) mass is 489 g/mol. The van der Waals surface area contributed by atoms with Crippen molar-refractivity contribution in [2.24, 2.45) is 0 Å². The van der Waals surface area contributed by atoms with Gasteiger partial charge in [-0.25, -0.2) is 9.67 Å². The number of halogens is 5. The number of ether oxygens (including phenoxy) is 4. The molecule has 2 atom stereocenters. The largest absolute Gasteiger partial charge is 0.573 e. The van der Waals surface area contributed by atoms with Crippen molar-refractivity contribution < 1.29 is 32.1 Å². The molecule has 1 aliphatic heterocycles. The van der Waals surface area contributed by atoms with Gasteiger partial charge in [0.25, 0.3) is 0 Å². The summed E-state index contributed by atoms with van der Waals surface area (Å²) in [6, 6.07) is 10.4. The standard InChI is InChI=1S/C20H16Cl2F3N3O4/c21-13-5-6-15(16(22)7-13)19(10-28-12-26-11-27-28)30-9-14(31-19)8-29-17-3-1-2-4-18(17)32-20(23,24)25/h1-7,11-12,14H,8-10H2. The molecule has 1 aromatic heterocycles. The molecule has 0 radical (unpaired) electrons. The minimum absolute atomic E-state index is 0.0771. The van der Waals surface area contributed by atoms with E-state index in [1.54, 1.807) is 18.2 Å². The van der Waals surface area contributed by atoms with Gasteiger partial charge in [-0.05, 0) is 24.3 Å². The van der Waals surface area contributed by atoms with Crippen LogP contribution in [0.15, 0.2) is 55.1 Å². The Morgan fingerprint density at radius 1 is 1.16 bits per heavy atom. The van der Waals surface area contributed by atoms with Gasteiger partial charge in [-0.3, -0.25) is 0 Å². The quantitative estimate of drug-likeness (QED) is 0.473. The molecule has 170 valence electrons. The maximum atomic E-state index is 12.6. The molecule has 4 rings (SSSR count). The number of benzene rings is 2. The Morgan fingerprint density at radius 2 is 1.94 bits per heavy atom. The van der Waals surface area contributed by atoms with E-state index in [-0.39, 0.29) is 25.5 Å². The molecule has 12 heteroatoms. The van der Waals surface area contributed by atoms with Crippen LogP contribution < -0.4 is 9.47 Å². The highest BCUT2D eigenvalue weighted by Gasteiger charge is 2.45. The van der Waals surface area contributed by atoms with Crippen LogP contribution in [0.4, 0.5) is 13.2 Å². The van der Waals surface area contributed by atoms with Crippen LogP contribution in [-0.4, -0.2) is 40.4 Å². The Labute approximate surface area is 190 Å². The van der Waals surface area contributed by atoms with Gasteiger partial charge in [0.1, 0.15) is 31.9 Å². The van der Waals surface area contributed by atoms with Gasteiger partial charge < -0.3 is 18.9 Å². The summed E-state index contributed by atoms with van der Waals surface area (Å²) in [6.45, 7) is 0.122. The number of nitrogens with zero attached hydrogens (tertiary/aromatic N) is 3. The molecule has 1 aliphatic rings. The van der Waals surface area contributed by atoms with Gasteiger partial charge in [-0.2, -0.15) is 5.10 Å². The van der Waals surface area contributed by atoms with Crippen molar-refractivity contribution in [2.75, 3.05) is 13.2 Å². The van der Waals surface area contributed by atoms with Crippen molar-refractivity contribution in [1.82, 2.24) is 14.8 Å². The molecule has 0 saturated carbocycles. The SMILES string of the molecule is FC(F)(F)Oc1ccccc1OCC1COC(Cn2cncn2)(c2ccc(Cl)cc2Cl)O1. The fraction of sp³-hybridized carbons (Fsp3) is 0.300. The van der Waals surface area contributed by atoms with Gasteiger partial charge in [-0.15, -0.1) is 13.2 Å². The number of hydrogen-bond acceptors (Lipinski definition) is 6. The van der Waals surface area contributed by atoms with Crippen molar-refractivity contribution in [3.63, 3.8) is 0 Å². The molecule has 2 aromatic carbocycles. The third-order valence-corrected chi connectivity index (χ3v) is 5.09. The molecular formula is C20H16Cl2F3N3O4. The Bertz CT molecular complexity index is 1070. The highest BCUT2D eigenvalue weighted by Crippen LogP contribution is 2.41. The highest BCUT2D eigenvalue weighted by molar-refractivity contribution is 6.35. The van der Waals surface area contributed by atoms with Crippen LogP contribution in [0.3, 0.4) is 0 Å². The summed E-state index contributed by atoms with van der Waals surface area (Å²) >= 11 is 12.4. The topological polar surface area (TPSA) is 67.6 Å². The lowest BCUT2D eigenvalue weighted by Crippen LogP contribution is -2.35. The molecule has 0 bridgehead atoms. The average Bonchev–Trinajstić information content (AvgIpc) is 3.37. The maximum absolute atomic E-state index is 12.6. The molecule has 3 aromatic rings. The molecule has 7 nitrogen and oxygen atoms in total. The first-order valence-electron chi connectivity index (χ1n) is 9.31. The summed E-state index contributed by atoms with van der Waals surface area (Å²) < 4.78 is 61.2. The van der Waals surface area contributed by atoms with Crippen molar-refractivity contribution in [3.05, 3.63) is 70.7 Å². The molecule has 0 aliphatic carbocycles. The van der Waals surface area contributed by atoms with Crippen LogP contribution in [0.1, 0.15) is 5.56 Å². The summed E-state index contributed by atoms with van der Waals surface area (Å²) in [4.78, 5) is 3.92. The predicted molar refractivity (Wildman–Crippen MR) is 108 cm³/mol. The van der Waals surface area contributed by atoms with Gasteiger partial charge in [0, 0.05) is 10.6 Å². The van der Waals surface area contributed by atoms with Crippen LogP contribution in [0, 0.1) is 0 Å². The fourth-order valence-corrected chi connectivity index (χ4v) is 3.80. The molecule has 0 N–H and O–H groups in total. The van der Waals surface area contributed by atoms with E-state index in [1.807, 2.05) is 0 Å². The zero-order valence-corrected chi connectivity index (χ0v) is 17.8. The number of hydrogen-bond donors (Lipinski definition) is 0. The molecule has 2 unspecified atom stereocenters. The van der Waals surface area contributed by atoms with Gasteiger partial charge in [0.2, 0.25) is 5.79 Å². The maximum Gasteiger partial charge on any atom is 0.573 e. The predicted octanol–water partition coefficient (Wildman–Crippen LogP) is 4.83. The van der Waals surface area contributed by atoms with Crippen LogP contribution in [0.5, 0.6) is 11.5 Å². The van der Waals surface area contributed by atoms with Crippen molar-refractivity contribution in [2.45, 2.75) is 24.8 Å². The highest BCUT2D eigenvalue weighted by atomic mass is 35.5. The first kappa shape index (κ1) is 22.7.